The number of nitrogens with zero attached hydrogens (tertiary/aromatic N) is 1. The van der Waals surface area contributed by atoms with Crippen LogP contribution in [0.5, 0.6) is 11.5 Å². The van der Waals surface area contributed by atoms with Crippen molar-refractivity contribution in [1.82, 2.24) is 9.88 Å². The zero-order valence-corrected chi connectivity index (χ0v) is 23.4. The third-order valence-corrected chi connectivity index (χ3v) is 11.5. The van der Waals surface area contributed by atoms with Gasteiger partial charge in [-0.05, 0) is 54.0 Å². The monoisotopic (exact) mass is 577 g/mol. The van der Waals surface area contributed by atoms with Crippen LogP contribution >= 0.6 is 23.1 Å². The van der Waals surface area contributed by atoms with Gasteiger partial charge in [0.1, 0.15) is 6.54 Å². The lowest BCUT2D eigenvalue weighted by molar-refractivity contribution is -0.143. The van der Waals surface area contributed by atoms with Crippen molar-refractivity contribution in [1.29, 1.82) is 0 Å². The predicted octanol–water partition coefficient (Wildman–Crippen LogP) is 3.57. The number of thioether (sulfide) groups is 1. The van der Waals surface area contributed by atoms with Gasteiger partial charge < -0.3 is 19.8 Å². The first-order chi connectivity index (χ1) is 19.4. The summed E-state index contributed by atoms with van der Waals surface area (Å²) >= 11 is 2.84. The number of imide groups is 1. The Morgan fingerprint density at radius 2 is 1.73 bits per heavy atom. The van der Waals surface area contributed by atoms with E-state index >= 15 is 0 Å². The molecule has 9 nitrogen and oxygen atoms in total. The number of H-pyrrole nitrogens is 1. The molecule has 3 fully saturated rings. The lowest BCUT2D eigenvalue weighted by atomic mass is 9.68. The van der Waals surface area contributed by atoms with Gasteiger partial charge in [0, 0.05) is 21.7 Å². The van der Waals surface area contributed by atoms with Crippen molar-refractivity contribution >= 4 is 46.5 Å². The largest absolute Gasteiger partial charge is 0.493 e. The second-order valence-electron chi connectivity index (χ2n) is 10.8. The second-order valence-corrected chi connectivity index (χ2v) is 13.0. The number of likely N-dealkylation sites (tertiary alicyclic amines) is 1. The molecule has 2 saturated carbocycles. The topological polar surface area (TPSA) is 118 Å². The number of hydrogen-bond donors (Lipinski definition) is 2. The minimum Gasteiger partial charge on any atom is -0.493 e. The smallest absolute Gasteiger partial charge is 0.305 e. The number of carbonyl (C=O) groups is 3. The Labute approximate surface area is 238 Å². The average molecular weight is 578 g/mol. The third kappa shape index (κ3) is 3.74. The number of amides is 3. The Hall–Kier alpha value is -3.57. The summed E-state index contributed by atoms with van der Waals surface area (Å²) in [5, 5.41) is 3.69. The van der Waals surface area contributed by atoms with Crippen molar-refractivity contribution in [2.45, 2.75) is 22.6 Å². The summed E-state index contributed by atoms with van der Waals surface area (Å²) in [6, 6.07) is 14.8. The first-order valence-electron chi connectivity index (χ1n) is 13.2. The number of ether oxygens (including phenoxy) is 2. The van der Waals surface area contributed by atoms with Crippen molar-refractivity contribution in [2.24, 2.45) is 29.6 Å². The molecule has 2 bridgehead atoms. The number of fused-ring (bicyclic) bond motifs is 9. The molecular weight excluding hydrogens is 550 g/mol. The zero-order chi connectivity index (χ0) is 27.7. The molecule has 3 heterocycles. The Balaban J connectivity index is 1.22. The molecule has 1 saturated heterocycles. The summed E-state index contributed by atoms with van der Waals surface area (Å²) in [5.41, 5.74) is 1.61. The fourth-order valence-corrected chi connectivity index (χ4v) is 10.4. The van der Waals surface area contributed by atoms with Gasteiger partial charge in [-0.15, -0.1) is 11.8 Å². The quantitative estimate of drug-likeness (QED) is 0.430. The standard InChI is InChI=1S/C29H27N3O6S2/c1-37-17-9-8-13(10-18(17)38-2)20-21-15-11-16(24(21)39-26-25(20)40-29(36)31-26)23-22(15)27(34)32(28(23)35)12-19(33)30-14-6-4-3-5-7-14/h3-10,15-16,20-24H,11-12H2,1-2H3,(H,30,33)(H,31,36). The van der Waals surface area contributed by atoms with E-state index in [1.165, 1.54) is 11.3 Å². The summed E-state index contributed by atoms with van der Waals surface area (Å²) in [6.07, 6.45) is 0.780. The molecule has 11 heteroatoms. The van der Waals surface area contributed by atoms with Gasteiger partial charge in [0.05, 0.1) is 31.1 Å². The minimum atomic E-state index is -0.455. The minimum absolute atomic E-state index is 0.0113. The zero-order valence-electron chi connectivity index (χ0n) is 21.8. The molecule has 3 amide bonds. The van der Waals surface area contributed by atoms with Crippen LogP contribution in [0.2, 0.25) is 0 Å². The van der Waals surface area contributed by atoms with E-state index in [2.05, 4.69) is 10.3 Å². The molecule has 7 rings (SSSR count). The predicted molar refractivity (Wildman–Crippen MR) is 150 cm³/mol. The van der Waals surface area contributed by atoms with Crippen molar-refractivity contribution in [2.75, 3.05) is 26.1 Å². The number of methoxy groups -OCH3 is 2. The van der Waals surface area contributed by atoms with E-state index in [-0.39, 0.29) is 52.2 Å². The number of hydrogen-bond acceptors (Lipinski definition) is 8. The summed E-state index contributed by atoms with van der Waals surface area (Å²) in [5.74, 6) is -0.690. The van der Waals surface area contributed by atoms with Gasteiger partial charge in [-0.1, -0.05) is 35.6 Å². The first kappa shape index (κ1) is 25.4. The van der Waals surface area contributed by atoms with E-state index in [9.17, 15) is 19.2 Å². The van der Waals surface area contributed by atoms with Crippen LogP contribution in [0, 0.1) is 29.6 Å². The maximum atomic E-state index is 13.8. The fraction of sp³-hybridized carbons (Fsp3) is 0.379. The number of nitrogens with one attached hydrogen (secondary N) is 2. The SMILES string of the molecule is COc1ccc(C2c3sc(=O)[nH]c3SC3C4CC(C5C(=O)N(CC(=O)Nc6ccccc6)C(=O)C45)C23)cc1OC. The number of anilines is 1. The first-order valence-corrected chi connectivity index (χ1v) is 14.9. The van der Waals surface area contributed by atoms with Crippen molar-refractivity contribution in [3.63, 3.8) is 0 Å². The van der Waals surface area contributed by atoms with E-state index in [1.54, 1.807) is 38.1 Å². The molecule has 2 N–H and O–H groups in total. The van der Waals surface area contributed by atoms with Crippen LogP contribution in [0.1, 0.15) is 22.8 Å². The molecular formula is C29H27N3O6S2. The van der Waals surface area contributed by atoms with Crippen LogP contribution in [0.3, 0.4) is 0 Å². The molecule has 0 spiro atoms. The van der Waals surface area contributed by atoms with E-state index in [0.717, 1.165) is 26.8 Å². The van der Waals surface area contributed by atoms with Gasteiger partial charge in [0.2, 0.25) is 17.7 Å². The van der Waals surface area contributed by atoms with Gasteiger partial charge in [0.15, 0.2) is 11.5 Å². The molecule has 2 aromatic carbocycles. The molecule has 3 aromatic rings. The lowest BCUT2D eigenvalue weighted by Crippen LogP contribution is -2.42. The molecule has 206 valence electrons. The molecule has 7 unspecified atom stereocenters. The average Bonchev–Trinajstić information content (AvgIpc) is 3.69. The molecule has 1 aromatic heterocycles. The maximum absolute atomic E-state index is 13.8. The Morgan fingerprint density at radius 1 is 1.00 bits per heavy atom. The third-order valence-electron chi connectivity index (χ3n) is 8.94. The van der Waals surface area contributed by atoms with Crippen molar-refractivity contribution < 1.29 is 23.9 Å². The van der Waals surface area contributed by atoms with E-state index in [1.807, 2.05) is 36.4 Å². The van der Waals surface area contributed by atoms with Crippen LogP contribution < -0.4 is 19.7 Å². The van der Waals surface area contributed by atoms with Gasteiger partial charge in [-0.2, -0.15) is 0 Å². The summed E-state index contributed by atoms with van der Waals surface area (Å²) in [4.78, 5) is 57.7. The number of thiazole rings is 1. The van der Waals surface area contributed by atoms with Gasteiger partial charge in [0.25, 0.3) is 0 Å². The van der Waals surface area contributed by atoms with Crippen LogP contribution in [-0.4, -0.2) is 53.6 Å². The summed E-state index contributed by atoms with van der Waals surface area (Å²) in [6.45, 7) is -0.290. The van der Waals surface area contributed by atoms with Gasteiger partial charge >= 0.3 is 4.87 Å². The van der Waals surface area contributed by atoms with Crippen molar-refractivity contribution in [3.8, 4) is 11.5 Å². The van der Waals surface area contributed by atoms with Crippen LogP contribution in [0.25, 0.3) is 0 Å². The molecule has 4 aliphatic rings. The number of aromatic nitrogens is 1. The number of aromatic amines is 1. The maximum Gasteiger partial charge on any atom is 0.305 e. The number of carbonyl (C=O) groups excluding carboxylic acids is 3. The molecule has 2 aliphatic heterocycles. The van der Waals surface area contributed by atoms with Crippen molar-refractivity contribution in [3.05, 3.63) is 68.6 Å². The molecule has 0 radical (unpaired) electrons. The highest BCUT2D eigenvalue weighted by atomic mass is 32.2. The Kier molecular flexibility index (Phi) is 6.04. The Bertz CT molecular complexity index is 1590. The highest BCUT2D eigenvalue weighted by Crippen LogP contribution is 2.68. The van der Waals surface area contributed by atoms with Crippen LogP contribution in [0.4, 0.5) is 5.69 Å². The van der Waals surface area contributed by atoms with E-state index in [4.69, 9.17) is 9.47 Å². The summed E-state index contributed by atoms with van der Waals surface area (Å²) < 4.78 is 11.0. The Morgan fingerprint density at radius 3 is 2.45 bits per heavy atom. The highest BCUT2D eigenvalue weighted by molar-refractivity contribution is 8.00. The molecule has 7 atom stereocenters. The second kappa shape index (κ2) is 9.52. The lowest BCUT2D eigenvalue weighted by Gasteiger charge is -2.43. The summed E-state index contributed by atoms with van der Waals surface area (Å²) in [7, 11) is 3.18. The number of benzene rings is 2. The fourth-order valence-electron chi connectivity index (χ4n) is 7.52. The number of rotatable bonds is 6. The van der Waals surface area contributed by atoms with Crippen LogP contribution in [-0.2, 0) is 14.4 Å². The van der Waals surface area contributed by atoms with E-state index in [0.29, 0.717) is 17.2 Å². The van der Waals surface area contributed by atoms with Crippen LogP contribution in [0.15, 0.2) is 58.4 Å². The molecule has 2 aliphatic carbocycles. The van der Waals surface area contributed by atoms with Gasteiger partial charge in [-0.3, -0.25) is 24.1 Å². The van der Waals surface area contributed by atoms with E-state index < -0.39 is 17.7 Å². The highest BCUT2D eigenvalue weighted by Gasteiger charge is 2.69. The molecule has 40 heavy (non-hydrogen) atoms. The van der Waals surface area contributed by atoms with Gasteiger partial charge in [-0.25, -0.2) is 0 Å². The number of para-hydroxylation sites is 1. The normalized spacial score (nSPS) is 29.6.